The first-order valence-corrected chi connectivity index (χ1v) is 18.2. The third-order valence-corrected chi connectivity index (χ3v) is 13.6. The van der Waals surface area contributed by atoms with Gasteiger partial charge in [0.1, 0.15) is 0 Å². The van der Waals surface area contributed by atoms with Crippen molar-refractivity contribution in [1.82, 2.24) is 0 Å². The lowest BCUT2D eigenvalue weighted by molar-refractivity contribution is 0.277. The van der Waals surface area contributed by atoms with Gasteiger partial charge in [0.05, 0.1) is 0 Å². The summed E-state index contributed by atoms with van der Waals surface area (Å²) in [6, 6.07) is 6.39. The van der Waals surface area contributed by atoms with Crippen LogP contribution in [0.3, 0.4) is 0 Å². The lowest BCUT2D eigenvalue weighted by Crippen LogP contribution is -2.28. The molecule has 0 N–H and O–H groups in total. The Labute approximate surface area is 302 Å². The van der Waals surface area contributed by atoms with Crippen LogP contribution in [-0.4, -0.2) is 33.5 Å². The molecule has 0 bridgehead atoms. The number of halogens is 6. The number of methoxy groups -OCH3 is 1. The highest BCUT2D eigenvalue weighted by Gasteiger charge is 2.41. The predicted octanol–water partition coefficient (Wildman–Crippen LogP) is 12.6. The van der Waals surface area contributed by atoms with E-state index in [1.165, 1.54) is 22.5 Å². The Kier molecular flexibility index (Phi) is 15.2. The minimum atomic E-state index is -0.270. The third kappa shape index (κ3) is 8.70. The summed E-state index contributed by atoms with van der Waals surface area (Å²) in [4.78, 5) is 7.20. The summed E-state index contributed by atoms with van der Waals surface area (Å²) in [7, 11) is 5.37. The number of benzene rings is 2. The monoisotopic (exact) mass is 952 g/mol. The average molecular weight is 958 g/mol. The molecule has 0 amide bonds. The molecule has 3 nitrogen and oxygen atoms in total. The minimum absolute atomic E-state index is 0.132. The van der Waals surface area contributed by atoms with Gasteiger partial charge < -0.3 is 9.64 Å². The molecule has 0 fully saturated rings. The van der Waals surface area contributed by atoms with Crippen molar-refractivity contribution >= 4 is 107 Å². The summed E-state index contributed by atoms with van der Waals surface area (Å²) in [5.41, 5.74) is 5.55. The molecule has 0 aliphatic carbocycles. The van der Waals surface area contributed by atoms with Gasteiger partial charge in [0.25, 0.3) is 0 Å². The number of hydrogen-bond acceptors (Lipinski definition) is 3. The number of anilines is 1. The van der Waals surface area contributed by atoms with Gasteiger partial charge in [0.2, 0.25) is 0 Å². The highest BCUT2D eigenvalue weighted by atomic mass is 79.9. The fourth-order valence-electron chi connectivity index (χ4n) is 4.76. The largest absolute Gasteiger partial charge is 0.388 e. The first-order valence-electron chi connectivity index (χ1n) is 13.4. The first kappa shape index (κ1) is 37.9. The number of ether oxygens (including phenoxy) is 1. The van der Waals surface area contributed by atoms with Crippen LogP contribution in [0.15, 0.2) is 98.3 Å². The van der Waals surface area contributed by atoms with Crippen molar-refractivity contribution in [1.29, 1.82) is 0 Å². The Morgan fingerprint density at radius 2 is 1.45 bits per heavy atom. The zero-order chi connectivity index (χ0) is 31.8. The second-order valence-corrected chi connectivity index (χ2v) is 15.6. The van der Waals surface area contributed by atoms with E-state index >= 15 is 0 Å². The minimum Gasteiger partial charge on any atom is -0.388 e. The zero-order valence-corrected chi connectivity index (χ0v) is 34.8. The maximum atomic E-state index is 4.94. The highest BCUT2D eigenvalue weighted by molar-refractivity contribution is 9.15. The van der Waals surface area contributed by atoms with E-state index < -0.39 is 0 Å². The van der Waals surface area contributed by atoms with E-state index in [2.05, 4.69) is 208 Å². The number of allylic oxidation sites excluding steroid dienone is 8. The molecule has 1 heterocycles. The Morgan fingerprint density at radius 3 is 2.07 bits per heavy atom. The summed E-state index contributed by atoms with van der Waals surface area (Å²) in [6.07, 6.45) is 15.7. The summed E-state index contributed by atoms with van der Waals surface area (Å²) in [5.74, 6) is 0. The van der Waals surface area contributed by atoms with Crippen molar-refractivity contribution in [3.63, 3.8) is 0 Å². The first-order chi connectivity index (χ1) is 19.7. The fourth-order valence-corrected chi connectivity index (χ4v) is 8.45. The van der Waals surface area contributed by atoms with E-state index in [0.717, 1.165) is 45.5 Å². The van der Waals surface area contributed by atoms with Gasteiger partial charge in [-0.3, -0.25) is 4.99 Å². The quantitative estimate of drug-likeness (QED) is 0.150. The molecule has 0 saturated carbocycles. The molecular weight excluding hydrogens is 920 g/mol. The SMILES string of the molecule is CCCN=C(/C=C/C=C/C=C/C=C1/N(C)c2cc(Br)c(Br)c(Br)c2C1(C)C)C(C)(C)c1ccc(Br)c(Br)c1Br.COC. The van der Waals surface area contributed by atoms with Crippen molar-refractivity contribution in [2.24, 2.45) is 4.99 Å². The van der Waals surface area contributed by atoms with Crippen LogP contribution in [0.5, 0.6) is 0 Å². The van der Waals surface area contributed by atoms with Gasteiger partial charge in [-0.25, -0.2) is 0 Å². The molecule has 42 heavy (non-hydrogen) atoms. The van der Waals surface area contributed by atoms with Crippen LogP contribution in [0, 0.1) is 0 Å². The molecule has 0 spiro atoms. The molecule has 228 valence electrons. The van der Waals surface area contributed by atoms with Crippen molar-refractivity contribution < 1.29 is 4.74 Å². The standard InChI is InChI=1S/C31H32Br6N2.C2H6O/c1-7-17-38-23(30(2,3)19-15-16-20(32)27(35)26(19)34)13-11-9-8-10-12-14-24-31(4,5)25-22(39(24)6)18-21(33)28(36)29(25)37;1-3-2/h8-16,18H,7,17H2,1-6H3;1-2H3/b9-8+,12-10+,13-11+,24-14+,38-23?;. The van der Waals surface area contributed by atoms with Gasteiger partial charge in [-0.15, -0.1) is 0 Å². The highest BCUT2D eigenvalue weighted by Crippen LogP contribution is 2.53. The molecule has 0 atom stereocenters. The van der Waals surface area contributed by atoms with Crippen LogP contribution in [0.25, 0.3) is 0 Å². The number of aliphatic imine (C=N–C) groups is 1. The molecule has 9 heteroatoms. The van der Waals surface area contributed by atoms with Gasteiger partial charge in [0, 0.05) is 88.1 Å². The molecule has 0 radical (unpaired) electrons. The topological polar surface area (TPSA) is 24.8 Å². The maximum Gasteiger partial charge on any atom is 0.0471 e. The fraction of sp³-hybridized carbons (Fsp3) is 0.364. The molecule has 2 aromatic rings. The smallest absolute Gasteiger partial charge is 0.0471 e. The van der Waals surface area contributed by atoms with Crippen LogP contribution >= 0.6 is 95.6 Å². The zero-order valence-electron chi connectivity index (χ0n) is 25.3. The Balaban J connectivity index is 0.00000197. The Hall–Kier alpha value is -0.290. The van der Waals surface area contributed by atoms with E-state index in [9.17, 15) is 0 Å². The molecule has 3 rings (SSSR count). The van der Waals surface area contributed by atoms with Crippen molar-refractivity contribution in [3.05, 3.63) is 104 Å². The van der Waals surface area contributed by atoms with E-state index in [1.54, 1.807) is 14.2 Å². The van der Waals surface area contributed by atoms with Crippen molar-refractivity contribution in [3.8, 4) is 0 Å². The maximum absolute atomic E-state index is 4.94. The molecular formula is C33H38Br6N2O. The number of hydrogen-bond donors (Lipinski definition) is 0. The Morgan fingerprint density at radius 1 is 0.881 bits per heavy atom. The second kappa shape index (κ2) is 16.9. The van der Waals surface area contributed by atoms with Crippen LogP contribution in [0.4, 0.5) is 5.69 Å². The summed E-state index contributed by atoms with van der Waals surface area (Å²) in [6.45, 7) is 11.9. The van der Waals surface area contributed by atoms with Crippen molar-refractivity contribution in [2.75, 3.05) is 32.7 Å². The Bertz CT molecular complexity index is 1420. The number of fused-ring (bicyclic) bond motifs is 1. The number of likely N-dealkylation sites (N-methyl/N-ethyl adjacent to an activating group) is 1. The number of nitrogens with zero attached hydrogens (tertiary/aromatic N) is 2. The van der Waals surface area contributed by atoms with E-state index in [-0.39, 0.29) is 10.8 Å². The number of rotatable bonds is 8. The van der Waals surface area contributed by atoms with Gasteiger partial charge in [0.15, 0.2) is 0 Å². The lowest BCUT2D eigenvalue weighted by Gasteiger charge is -2.28. The van der Waals surface area contributed by atoms with Crippen LogP contribution in [0.2, 0.25) is 0 Å². The molecule has 0 saturated heterocycles. The average Bonchev–Trinajstić information content (AvgIpc) is 3.11. The lowest BCUT2D eigenvalue weighted by atomic mass is 9.79. The van der Waals surface area contributed by atoms with Crippen molar-refractivity contribution in [2.45, 2.75) is 51.9 Å². The molecule has 0 unspecified atom stereocenters. The van der Waals surface area contributed by atoms with Gasteiger partial charge >= 0.3 is 0 Å². The molecule has 1 aliphatic rings. The predicted molar refractivity (Wildman–Crippen MR) is 205 cm³/mol. The third-order valence-electron chi connectivity index (χ3n) is 6.94. The summed E-state index contributed by atoms with van der Waals surface area (Å²) in [5, 5.41) is 0. The molecule has 2 aromatic carbocycles. The van der Waals surface area contributed by atoms with Crippen LogP contribution in [-0.2, 0) is 15.6 Å². The van der Waals surface area contributed by atoms with E-state index in [1.807, 2.05) is 0 Å². The molecule has 0 aromatic heterocycles. The summed E-state index contributed by atoms with van der Waals surface area (Å²) >= 11 is 22.2. The van der Waals surface area contributed by atoms with E-state index in [0.29, 0.717) is 0 Å². The van der Waals surface area contributed by atoms with Crippen LogP contribution in [0.1, 0.15) is 52.2 Å². The summed E-state index contributed by atoms with van der Waals surface area (Å²) < 4.78 is 10.5. The van der Waals surface area contributed by atoms with E-state index in [4.69, 9.17) is 4.99 Å². The second-order valence-electron chi connectivity index (χ2n) is 10.8. The van der Waals surface area contributed by atoms with Gasteiger partial charge in [-0.05, 0) is 132 Å². The normalized spacial score (nSPS) is 16.2. The van der Waals surface area contributed by atoms with Gasteiger partial charge in [-0.2, -0.15) is 0 Å². The van der Waals surface area contributed by atoms with Gasteiger partial charge in [-0.1, -0.05) is 71.1 Å². The molecule has 1 aliphatic heterocycles. The van der Waals surface area contributed by atoms with Crippen LogP contribution < -0.4 is 4.90 Å².